The summed E-state index contributed by atoms with van der Waals surface area (Å²) < 4.78 is 15.9. The summed E-state index contributed by atoms with van der Waals surface area (Å²) in [4.78, 5) is 23.1. The van der Waals surface area contributed by atoms with E-state index in [1.165, 1.54) is 0 Å². The number of Topliss-reactive ketones (excluding diaryl/α,β-unsaturated/α-hetero) is 2. The molecule has 0 N–H and O–H groups in total. The average molecular weight is 262 g/mol. The van der Waals surface area contributed by atoms with E-state index in [2.05, 4.69) is 0 Å². The Morgan fingerprint density at radius 3 is 2.58 bits per heavy atom. The van der Waals surface area contributed by atoms with Gasteiger partial charge in [-0.2, -0.15) is 0 Å². The number of benzene rings is 1. The van der Waals surface area contributed by atoms with Gasteiger partial charge in [-0.1, -0.05) is 0 Å². The number of carbonyl (C=O) groups is 2. The van der Waals surface area contributed by atoms with Crippen molar-refractivity contribution in [2.45, 2.75) is 25.2 Å². The monoisotopic (exact) mass is 262 g/mol. The van der Waals surface area contributed by atoms with Gasteiger partial charge in [0.1, 0.15) is 11.6 Å². The molecule has 0 radical (unpaired) electrons. The summed E-state index contributed by atoms with van der Waals surface area (Å²) in [5, 5.41) is 0. The molecule has 0 bridgehead atoms. The Labute approximate surface area is 110 Å². The molecule has 0 saturated heterocycles. The van der Waals surface area contributed by atoms with Gasteiger partial charge in [-0.15, -0.1) is 0 Å². The van der Waals surface area contributed by atoms with E-state index in [1.807, 2.05) is 12.1 Å². The van der Waals surface area contributed by atoms with Gasteiger partial charge in [0.25, 0.3) is 0 Å². The molecule has 1 fully saturated rings. The van der Waals surface area contributed by atoms with Gasteiger partial charge >= 0.3 is 0 Å². The van der Waals surface area contributed by atoms with Gasteiger partial charge in [-0.25, -0.2) is 0 Å². The largest absolute Gasteiger partial charge is 0.493 e. The molecular weight excluding hydrogens is 248 g/mol. The second-order valence-corrected chi connectivity index (χ2v) is 4.82. The highest BCUT2D eigenvalue weighted by Gasteiger charge is 2.29. The highest BCUT2D eigenvalue weighted by molar-refractivity contribution is 6.02. The number of hydrogen-bond acceptors (Lipinski definition) is 5. The molecule has 1 heterocycles. The number of ketones is 2. The van der Waals surface area contributed by atoms with E-state index in [0.29, 0.717) is 30.1 Å². The first-order valence-corrected chi connectivity index (χ1v) is 6.18. The third-order valence-electron chi connectivity index (χ3n) is 3.49. The molecule has 1 aliphatic carbocycles. The number of methoxy groups -OCH3 is 1. The topological polar surface area (TPSA) is 61.8 Å². The quantitative estimate of drug-likeness (QED) is 0.761. The van der Waals surface area contributed by atoms with E-state index in [9.17, 15) is 9.59 Å². The van der Waals surface area contributed by atoms with Crippen LogP contribution in [0.3, 0.4) is 0 Å². The number of hydrogen-bond donors (Lipinski definition) is 0. The molecule has 1 aromatic rings. The van der Waals surface area contributed by atoms with Crippen LogP contribution in [0.25, 0.3) is 0 Å². The molecule has 5 nitrogen and oxygen atoms in total. The summed E-state index contributed by atoms with van der Waals surface area (Å²) in [5.74, 6) is 1.68. The first-order chi connectivity index (χ1) is 9.17. The second-order valence-electron chi connectivity index (χ2n) is 4.82. The Balaban J connectivity index is 1.96. The molecule has 2 aliphatic rings. The van der Waals surface area contributed by atoms with E-state index in [-0.39, 0.29) is 30.7 Å². The third kappa shape index (κ3) is 2.16. The minimum absolute atomic E-state index is 0.00196. The van der Waals surface area contributed by atoms with Crippen molar-refractivity contribution in [3.8, 4) is 17.2 Å². The summed E-state index contributed by atoms with van der Waals surface area (Å²) in [6, 6.07) is 3.66. The van der Waals surface area contributed by atoms with E-state index in [4.69, 9.17) is 14.2 Å². The number of fused-ring (bicyclic) bond motifs is 1. The lowest BCUT2D eigenvalue weighted by molar-refractivity contribution is -0.130. The molecule has 0 spiro atoms. The molecule has 1 saturated carbocycles. The highest BCUT2D eigenvalue weighted by atomic mass is 16.7. The van der Waals surface area contributed by atoms with Gasteiger partial charge in [-0.05, 0) is 23.6 Å². The summed E-state index contributed by atoms with van der Waals surface area (Å²) in [6.07, 6.45) is 0.862. The minimum Gasteiger partial charge on any atom is -0.493 e. The Kier molecular flexibility index (Phi) is 2.89. The maximum absolute atomic E-state index is 11.5. The zero-order valence-electron chi connectivity index (χ0n) is 10.6. The first-order valence-electron chi connectivity index (χ1n) is 6.18. The van der Waals surface area contributed by atoms with Gasteiger partial charge in [0, 0.05) is 12.8 Å². The van der Waals surface area contributed by atoms with Crippen molar-refractivity contribution >= 4 is 11.6 Å². The Bertz CT molecular complexity index is 533. The fraction of sp³-hybridized carbons (Fsp3) is 0.429. The summed E-state index contributed by atoms with van der Waals surface area (Å²) >= 11 is 0. The lowest BCUT2D eigenvalue weighted by Crippen LogP contribution is -2.21. The molecule has 0 amide bonds. The number of rotatable bonds is 2. The van der Waals surface area contributed by atoms with E-state index in [1.54, 1.807) is 7.11 Å². The van der Waals surface area contributed by atoms with Crippen molar-refractivity contribution in [2.24, 2.45) is 0 Å². The van der Waals surface area contributed by atoms with Crippen molar-refractivity contribution in [1.29, 1.82) is 0 Å². The predicted octanol–water partition coefficient (Wildman–Crippen LogP) is 1.83. The van der Waals surface area contributed by atoms with Crippen LogP contribution in [0.2, 0.25) is 0 Å². The first kappa shape index (κ1) is 12.0. The van der Waals surface area contributed by atoms with Crippen molar-refractivity contribution in [1.82, 2.24) is 0 Å². The van der Waals surface area contributed by atoms with Crippen LogP contribution in [-0.2, 0) is 9.59 Å². The summed E-state index contributed by atoms with van der Waals surface area (Å²) in [6.45, 7) is 0.164. The summed E-state index contributed by atoms with van der Waals surface area (Å²) in [5.41, 5.74) is 0.891. The van der Waals surface area contributed by atoms with E-state index in [0.717, 1.165) is 5.56 Å². The molecular formula is C14H14O5. The Morgan fingerprint density at radius 1 is 1.16 bits per heavy atom. The Hall–Kier alpha value is -2.04. The van der Waals surface area contributed by atoms with Gasteiger partial charge < -0.3 is 14.2 Å². The van der Waals surface area contributed by atoms with Crippen LogP contribution >= 0.6 is 0 Å². The molecule has 1 aromatic carbocycles. The highest BCUT2D eigenvalue weighted by Crippen LogP contribution is 2.44. The molecule has 0 unspecified atom stereocenters. The average Bonchev–Trinajstić information content (AvgIpc) is 2.84. The van der Waals surface area contributed by atoms with Crippen molar-refractivity contribution in [2.75, 3.05) is 13.9 Å². The minimum atomic E-state index is -0.0860. The molecule has 3 rings (SSSR count). The van der Waals surface area contributed by atoms with Crippen LogP contribution in [0.1, 0.15) is 30.7 Å². The molecule has 0 aromatic heterocycles. The lowest BCUT2D eigenvalue weighted by Gasteiger charge is -2.21. The molecule has 19 heavy (non-hydrogen) atoms. The molecule has 1 aliphatic heterocycles. The van der Waals surface area contributed by atoms with Gasteiger partial charge in [0.15, 0.2) is 11.5 Å². The fourth-order valence-corrected chi connectivity index (χ4v) is 2.61. The van der Waals surface area contributed by atoms with Crippen LogP contribution in [-0.4, -0.2) is 25.5 Å². The van der Waals surface area contributed by atoms with Crippen molar-refractivity contribution in [3.05, 3.63) is 17.7 Å². The second kappa shape index (κ2) is 4.57. The molecule has 0 atom stereocenters. The number of carbonyl (C=O) groups excluding carboxylic acids is 2. The summed E-state index contributed by atoms with van der Waals surface area (Å²) in [7, 11) is 1.55. The lowest BCUT2D eigenvalue weighted by atomic mass is 9.82. The Morgan fingerprint density at radius 2 is 1.89 bits per heavy atom. The van der Waals surface area contributed by atoms with Crippen LogP contribution < -0.4 is 14.2 Å². The molecule has 5 heteroatoms. The van der Waals surface area contributed by atoms with Crippen LogP contribution in [0.15, 0.2) is 12.1 Å². The zero-order chi connectivity index (χ0) is 13.4. The van der Waals surface area contributed by atoms with Crippen LogP contribution in [0, 0.1) is 0 Å². The predicted molar refractivity (Wildman–Crippen MR) is 65.7 cm³/mol. The van der Waals surface area contributed by atoms with Gasteiger partial charge in [0.2, 0.25) is 12.5 Å². The maximum atomic E-state index is 11.5. The van der Waals surface area contributed by atoms with Gasteiger partial charge in [-0.3, -0.25) is 9.59 Å². The van der Waals surface area contributed by atoms with Crippen LogP contribution in [0.4, 0.5) is 0 Å². The smallest absolute Gasteiger partial charge is 0.231 e. The van der Waals surface area contributed by atoms with Crippen LogP contribution in [0.5, 0.6) is 17.2 Å². The fourth-order valence-electron chi connectivity index (χ4n) is 2.61. The van der Waals surface area contributed by atoms with Crippen molar-refractivity contribution in [3.63, 3.8) is 0 Å². The molecule has 100 valence electrons. The zero-order valence-corrected chi connectivity index (χ0v) is 10.6. The van der Waals surface area contributed by atoms with E-state index >= 15 is 0 Å². The van der Waals surface area contributed by atoms with E-state index < -0.39 is 0 Å². The standard InChI is InChI=1S/C14H14O5/c1-17-12-4-9(5-13-14(12)19-7-18-13)8-2-10(15)6-11(16)3-8/h4-5,8H,2-3,6-7H2,1H3. The SMILES string of the molecule is COc1cc(C2CC(=O)CC(=O)C2)cc2c1OCO2. The number of ether oxygens (including phenoxy) is 3. The normalized spacial score (nSPS) is 18.8. The maximum Gasteiger partial charge on any atom is 0.231 e. The van der Waals surface area contributed by atoms with Crippen molar-refractivity contribution < 1.29 is 23.8 Å². The van der Waals surface area contributed by atoms with Gasteiger partial charge in [0.05, 0.1) is 13.5 Å². The third-order valence-corrected chi connectivity index (χ3v) is 3.49.